The van der Waals surface area contributed by atoms with Crippen LogP contribution >= 0.6 is 0 Å². The Morgan fingerprint density at radius 3 is 1.57 bits per heavy atom. The van der Waals surface area contributed by atoms with Crippen molar-refractivity contribution < 1.29 is 31.8 Å². The van der Waals surface area contributed by atoms with Crippen LogP contribution in [0.3, 0.4) is 0 Å². The summed E-state index contributed by atoms with van der Waals surface area (Å²) >= 11 is 0. The van der Waals surface area contributed by atoms with Crippen molar-refractivity contribution in [3.05, 3.63) is 0 Å². The van der Waals surface area contributed by atoms with E-state index in [2.05, 4.69) is 33.0 Å². The number of hydrogen-bond acceptors (Lipinski definition) is 6. The molecule has 0 bridgehead atoms. The van der Waals surface area contributed by atoms with Gasteiger partial charge in [0.1, 0.15) is 11.6 Å². The normalized spacial score (nSPS) is 18.4. The second kappa shape index (κ2) is 15.7. The average Bonchev–Trinajstić information content (AvgIpc) is 2.75. The molecule has 10 heteroatoms. The quantitative estimate of drug-likeness (QED) is 0.203. The zero-order valence-corrected chi connectivity index (χ0v) is 24.2. The van der Waals surface area contributed by atoms with Crippen LogP contribution in [0.5, 0.6) is 0 Å². The van der Waals surface area contributed by atoms with Crippen LogP contribution in [0.15, 0.2) is 0 Å². The predicted octanol–water partition coefficient (Wildman–Crippen LogP) is 4.57. The van der Waals surface area contributed by atoms with E-state index in [4.69, 9.17) is 4.74 Å². The molecule has 1 aliphatic rings. The number of ether oxygens (including phenoxy) is 1. The summed E-state index contributed by atoms with van der Waals surface area (Å²) in [7, 11) is -4.83. The van der Waals surface area contributed by atoms with Crippen molar-refractivity contribution in [2.24, 2.45) is 0 Å². The number of nitrogens with one attached hydrogen (secondary N) is 1. The average molecular weight is 522 g/mol. The summed E-state index contributed by atoms with van der Waals surface area (Å²) in [6, 6.07) is -1.96. The summed E-state index contributed by atoms with van der Waals surface area (Å²) in [5, 5.41) is 2.22. The molecule has 1 aliphatic heterocycles. The van der Waals surface area contributed by atoms with Gasteiger partial charge in [-0.2, -0.15) is 0 Å². The SMILES string of the molecule is CCCC[N+](CCCC)(CCCC)CCCC.C[C@H]1[C@H](NC(=O)OC(C)(C)C)C(=O)N1S(=O)(=O)[O-]. The number of β-lactam (4-membered cyclic amide) rings is 1. The summed E-state index contributed by atoms with van der Waals surface area (Å²) in [6.45, 7) is 21.3. The first-order valence-electron chi connectivity index (χ1n) is 13.3. The van der Waals surface area contributed by atoms with Gasteiger partial charge >= 0.3 is 6.09 Å². The van der Waals surface area contributed by atoms with Crippen molar-refractivity contribution in [2.75, 3.05) is 26.2 Å². The van der Waals surface area contributed by atoms with Crippen molar-refractivity contribution in [2.45, 2.75) is 124 Å². The number of amides is 2. The van der Waals surface area contributed by atoms with Crippen LogP contribution in [0.2, 0.25) is 0 Å². The van der Waals surface area contributed by atoms with Crippen molar-refractivity contribution in [1.29, 1.82) is 0 Å². The highest BCUT2D eigenvalue weighted by molar-refractivity contribution is 7.84. The fraction of sp³-hybridized carbons (Fsp3) is 0.920. The first-order chi connectivity index (χ1) is 16.2. The minimum absolute atomic E-state index is 0.190. The van der Waals surface area contributed by atoms with Crippen molar-refractivity contribution >= 4 is 22.3 Å². The van der Waals surface area contributed by atoms with E-state index >= 15 is 0 Å². The Bertz CT molecular complexity index is 698. The van der Waals surface area contributed by atoms with Gasteiger partial charge in [0, 0.05) is 0 Å². The summed E-state index contributed by atoms with van der Waals surface area (Å²) < 4.78 is 38.6. The highest BCUT2D eigenvalue weighted by atomic mass is 32.2. The van der Waals surface area contributed by atoms with Crippen LogP contribution in [-0.4, -0.2) is 77.6 Å². The van der Waals surface area contributed by atoms with Gasteiger partial charge in [-0.05, 0) is 53.4 Å². The second-order valence-electron chi connectivity index (χ2n) is 10.6. The first-order valence-corrected chi connectivity index (χ1v) is 14.7. The smallest absolute Gasteiger partial charge is 0.408 e. The molecule has 0 unspecified atom stereocenters. The molecule has 0 saturated carbocycles. The lowest BCUT2D eigenvalue weighted by molar-refractivity contribution is -0.929. The van der Waals surface area contributed by atoms with Gasteiger partial charge in [0.05, 0.1) is 32.2 Å². The molecule has 2 amide bonds. The number of alkyl carbamates (subject to hydrolysis) is 1. The van der Waals surface area contributed by atoms with Crippen LogP contribution < -0.4 is 5.32 Å². The molecule has 0 spiro atoms. The maximum absolute atomic E-state index is 11.4. The van der Waals surface area contributed by atoms with Gasteiger partial charge < -0.3 is 19.1 Å². The van der Waals surface area contributed by atoms with Gasteiger partial charge in [-0.1, -0.05) is 53.4 Å². The van der Waals surface area contributed by atoms with Crippen molar-refractivity contribution in [3.63, 3.8) is 0 Å². The molecular formula is C25H51N3O6S. The molecule has 0 aliphatic carbocycles. The standard InChI is InChI=1S/C16H36N.C9H16N2O6S/c1-5-9-13-17(14-10-6-2,15-11-7-3)16-12-8-4;1-5-6(7(12)11(5)18(14,15)16)10-8(13)17-9(2,3)4/h5-16H2,1-4H3;5-6H,1-4H3,(H,10,13)(H,14,15,16)/q+1;/p-1/t;5-,6-/m.0/s1. The third kappa shape index (κ3) is 12.4. The number of rotatable bonds is 14. The van der Waals surface area contributed by atoms with Crippen LogP contribution in [0, 0.1) is 0 Å². The van der Waals surface area contributed by atoms with Crippen molar-refractivity contribution in [1.82, 2.24) is 9.62 Å². The second-order valence-corrected chi connectivity index (χ2v) is 11.9. The Morgan fingerprint density at radius 1 is 0.943 bits per heavy atom. The maximum Gasteiger partial charge on any atom is 0.408 e. The molecule has 0 aromatic rings. The van der Waals surface area contributed by atoms with Gasteiger partial charge in [-0.3, -0.25) is 4.79 Å². The molecule has 1 saturated heterocycles. The molecule has 0 aromatic heterocycles. The van der Waals surface area contributed by atoms with E-state index in [1.807, 2.05) is 0 Å². The number of hydrogen-bond donors (Lipinski definition) is 1. The Morgan fingerprint density at radius 2 is 1.31 bits per heavy atom. The van der Waals surface area contributed by atoms with E-state index in [-0.39, 0.29) is 4.31 Å². The number of carbonyl (C=O) groups excluding carboxylic acids is 2. The van der Waals surface area contributed by atoms with Crippen molar-refractivity contribution in [3.8, 4) is 0 Å². The molecule has 1 heterocycles. The van der Waals surface area contributed by atoms with E-state index in [1.54, 1.807) is 20.8 Å². The fourth-order valence-electron chi connectivity index (χ4n) is 4.17. The molecule has 0 radical (unpaired) electrons. The Hall–Kier alpha value is -1.39. The molecule has 2 atom stereocenters. The van der Waals surface area contributed by atoms with Crippen LogP contribution in [0.4, 0.5) is 4.79 Å². The summed E-state index contributed by atoms with van der Waals surface area (Å²) in [5.74, 6) is -0.955. The molecule has 0 aromatic carbocycles. The van der Waals surface area contributed by atoms with Gasteiger partial charge in [0.15, 0.2) is 10.3 Å². The van der Waals surface area contributed by atoms with Crippen LogP contribution in [0.1, 0.15) is 107 Å². The summed E-state index contributed by atoms with van der Waals surface area (Å²) in [5.41, 5.74) is -0.732. The van der Waals surface area contributed by atoms with E-state index in [9.17, 15) is 22.6 Å². The molecule has 9 nitrogen and oxygen atoms in total. The Kier molecular flexibility index (Phi) is 15.0. The molecule has 1 rings (SSSR count). The van der Waals surface area contributed by atoms with Gasteiger partial charge in [0.2, 0.25) is 0 Å². The summed E-state index contributed by atoms with van der Waals surface area (Å²) in [6.07, 6.45) is 10.2. The lowest BCUT2D eigenvalue weighted by Crippen LogP contribution is -2.71. The number of carbonyl (C=O) groups is 2. The molecule has 1 N–H and O–H groups in total. The third-order valence-electron chi connectivity index (χ3n) is 6.19. The zero-order valence-electron chi connectivity index (χ0n) is 23.4. The molecular weight excluding hydrogens is 470 g/mol. The largest absolute Gasteiger partial charge is 0.731 e. The highest BCUT2D eigenvalue weighted by Crippen LogP contribution is 2.23. The summed E-state index contributed by atoms with van der Waals surface area (Å²) in [4.78, 5) is 22.8. The first kappa shape index (κ1) is 33.6. The van der Waals surface area contributed by atoms with Gasteiger partial charge in [0.25, 0.3) is 5.91 Å². The maximum atomic E-state index is 11.4. The van der Waals surface area contributed by atoms with E-state index in [0.29, 0.717) is 0 Å². The third-order valence-corrected chi connectivity index (χ3v) is 7.19. The monoisotopic (exact) mass is 521 g/mol. The topological polar surface area (TPSA) is 116 Å². The zero-order chi connectivity index (χ0) is 27.3. The number of nitrogens with zero attached hydrogens (tertiary/aromatic N) is 2. The molecule has 208 valence electrons. The molecule has 35 heavy (non-hydrogen) atoms. The van der Waals surface area contributed by atoms with Crippen LogP contribution in [0.25, 0.3) is 0 Å². The number of quaternary nitrogens is 1. The van der Waals surface area contributed by atoms with E-state index in [0.717, 1.165) is 0 Å². The van der Waals surface area contributed by atoms with E-state index in [1.165, 1.54) is 89.0 Å². The van der Waals surface area contributed by atoms with E-state index < -0.39 is 40.0 Å². The fourth-order valence-corrected chi connectivity index (χ4v) is 5.04. The highest BCUT2D eigenvalue weighted by Gasteiger charge is 2.49. The minimum Gasteiger partial charge on any atom is -0.731 e. The lowest BCUT2D eigenvalue weighted by atomic mass is 10.0. The number of unbranched alkanes of at least 4 members (excludes halogenated alkanes) is 4. The van der Waals surface area contributed by atoms with Gasteiger partial charge in [-0.15, -0.1) is 0 Å². The Balaban J connectivity index is 0.000000662. The van der Waals surface area contributed by atoms with Gasteiger partial charge in [-0.25, -0.2) is 17.5 Å². The molecule has 1 fully saturated rings. The predicted molar refractivity (Wildman–Crippen MR) is 139 cm³/mol. The Labute approximate surface area is 214 Å². The lowest BCUT2D eigenvalue weighted by Gasteiger charge is -2.45. The van der Waals surface area contributed by atoms with Crippen LogP contribution in [-0.2, 0) is 19.8 Å². The minimum atomic E-state index is -4.83.